The molecular weight excluding hydrogens is 301 g/mol. The third-order valence-electron chi connectivity index (χ3n) is 4.93. The quantitative estimate of drug-likeness (QED) is 0.794. The van der Waals surface area contributed by atoms with Crippen LogP contribution in [0.3, 0.4) is 0 Å². The minimum absolute atomic E-state index is 0.118. The largest absolute Gasteiger partial charge is 0.416 e. The number of nitrogens with zero attached hydrogens (tertiary/aromatic N) is 1. The van der Waals surface area contributed by atoms with Gasteiger partial charge in [0.1, 0.15) is 11.0 Å². The Kier molecular flexibility index (Phi) is 3.80. The van der Waals surface area contributed by atoms with Crippen molar-refractivity contribution in [1.29, 1.82) is 0 Å². The number of hydrogen-bond donors (Lipinski definition) is 1. The minimum atomic E-state index is -4.40. The maximum absolute atomic E-state index is 12.8. The summed E-state index contributed by atoms with van der Waals surface area (Å²) in [6.45, 7) is 2.03. The molecule has 4 atom stereocenters. The summed E-state index contributed by atoms with van der Waals surface area (Å²) in [5, 5.41) is 2.99. The smallest absolute Gasteiger partial charge is 0.367 e. The normalized spacial score (nSPS) is 29.7. The number of nitrogens with one attached hydrogen (secondary N) is 1. The molecule has 2 aliphatic carbocycles. The van der Waals surface area contributed by atoms with Gasteiger partial charge in [-0.15, -0.1) is 0 Å². The van der Waals surface area contributed by atoms with E-state index in [-0.39, 0.29) is 17.0 Å². The summed E-state index contributed by atoms with van der Waals surface area (Å²) >= 11 is 5.71. The molecule has 0 aliphatic heterocycles. The van der Waals surface area contributed by atoms with Gasteiger partial charge < -0.3 is 5.32 Å². The molecular formula is C15H18ClF3N2. The first-order valence-electron chi connectivity index (χ1n) is 7.34. The molecule has 0 aromatic carbocycles. The summed E-state index contributed by atoms with van der Waals surface area (Å²) in [6, 6.07) is 2.01. The lowest BCUT2D eigenvalue weighted by Crippen LogP contribution is -2.30. The molecule has 0 spiro atoms. The molecule has 2 fully saturated rings. The maximum Gasteiger partial charge on any atom is 0.416 e. The third kappa shape index (κ3) is 3.12. The van der Waals surface area contributed by atoms with Gasteiger partial charge in [0.05, 0.1) is 5.56 Å². The van der Waals surface area contributed by atoms with Gasteiger partial charge in [0, 0.05) is 6.04 Å². The van der Waals surface area contributed by atoms with Crippen LogP contribution in [0.2, 0.25) is 5.15 Å². The Morgan fingerprint density at radius 1 is 1.29 bits per heavy atom. The lowest BCUT2D eigenvalue weighted by Gasteiger charge is -2.29. The Morgan fingerprint density at radius 2 is 2.05 bits per heavy atom. The van der Waals surface area contributed by atoms with E-state index in [0.717, 1.165) is 18.1 Å². The standard InChI is InChI=1S/C15H18ClF3N2/c1-8(12-5-9-2-3-10(12)4-9)20-14-7-11(15(17,18)19)6-13(16)21-14/h6-10,12H,2-5H2,1H3,(H,20,21). The second-order valence-corrected chi connectivity index (χ2v) is 6.72. The number of fused-ring (bicyclic) bond motifs is 2. The van der Waals surface area contributed by atoms with E-state index in [1.54, 1.807) is 0 Å². The van der Waals surface area contributed by atoms with Crippen LogP contribution in [0.15, 0.2) is 12.1 Å². The highest BCUT2D eigenvalue weighted by atomic mass is 35.5. The van der Waals surface area contributed by atoms with E-state index in [1.165, 1.54) is 25.7 Å². The number of hydrogen-bond acceptors (Lipinski definition) is 2. The van der Waals surface area contributed by atoms with Crippen LogP contribution in [0.25, 0.3) is 0 Å². The Hall–Kier alpha value is -0.970. The molecule has 21 heavy (non-hydrogen) atoms. The number of aromatic nitrogens is 1. The van der Waals surface area contributed by atoms with Gasteiger partial charge in [0.2, 0.25) is 0 Å². The van der Waals surface area contributed by atoms with Crippen LogP contribution in [-0.2, 0) is 6.18 Å². The summed E-state index contributed by atoms with van der Waals surface area (Å²) in [6.07, 6.45) is 0.595. The zero-order valence-electron chi connectivity index (χ0n) is 11.8. The molecule has 2 bridgehead atoms. The maximum atomic E-state index is 12.8. The molecule has 4 unspecified atom stereocenters. The first-order chi connectivity index (χ1) is 9.83. The molecule has 0 radical (unpaired) electrons. The monoisotopic (exact) mass is 318 g/mol. The van der Waals surface area contributed by atoms with Gasteiger partial charge >= 0.3 is 6.18 Å². The van der Waals surface area contributed by atoms with E-state index in [9.17, 15) is 13.2 Å². The molecule has 6 heteroatoms. The Morgan fingerprint density at radius 3 is 2.62 bits per heavy atom. The van der Waals surface area contributed by atoms with Crippen LogP contribution >= 0.6 is 11.6 Å². The summed E-state index contributed by atoms with van der Waals surface area (Å²) in [5.41, 5.74) is -0.759. The van der Waals surface area contributed by atoms with Gasteiger partial charge in [-0.2, -0.15) is 13.2 Å². The number of halogens is 4. The van der Waals surface area contributed by atoms with Crippen molar-refractivity contribution >= 4 is 17.4 Å². The van der Waals surface area contributed by atoms with Gasteiger partial charge in [0.15, 0.2) is 0 Å². The predicted molar refractivity (Wildman–Crippen MR) is 76.3 cm³/mol. The number of pyridine rings is 1. The van der Waals surface area contributed by atoms with Crippen molar-refractivity contribution < 1.29 is 13.2 Å². The first kappa shape index (κ1) is 14.9. The average Bonchev–Trinajstić information content (AvgIpc) is 2.99. The molecule has 0 saturated heterocycles. The molecule has 3 rings (SSSR count). The molecule has 1 N–H and O–H groups in total. The number of alkyl halides is 3. The van der Waals surface area contributed by atoms with Gasteiger partial charge in [-0.3, -0.25) is 0 Å². The Balaban J connectivity index is 1.74. The van der Waals surface area contributed by atoms with Crippen molar-refractivity contribution in [3.05, 3.63) is 22.8 Å². The Labute approximate surface area is 127 Å². The van der Waals surface area contributed by atoms with Crippen LogP contribution in [0.1, 0.15) is 38.2 Å². The summed E-state index contributed by atoms with van der Waals surface area (Å²) in [4.78, 5) is 3.98. The highest BCUT2D eigenvalue weighted by Crippen LogP contribution is 2.49. The molecule has 1 heterocycles. The molecule has 0 amide bonds. The molecule has 2 nitrogen and oxygen atoms in total. The van der Waals surface area contributed by atoms with Crippen molar-refractivity contribution in [2.24, 2.45) is 17.8 Å². The van der Waals surface area contributed by atoms with E-state index < -0.39 is 11.7 Å². The second-order valence-electron chi connectivity index (χ2n) is 6.33. The van der Waals surface area contributed by atoms with E-state index in [0.29, 0.717) is 11.8 Å². The fraction of sp³-hybridized carbons (Fsp3) is 0.667. The van der Waals surface area contributed by atoms with Crippen molar-refractivity contribution in [2.45, 2.75) is 44.8 Å². The number of rotatable bonds is 3. The van der Waals surface area contributed by atoms with Crippen molar-refractivity contribution in [1.82, 2.24) is 4.98 Å². The molecule has 1 aromatic rings. The van der Waals surface area contributed by atoms with Gasteiger partial charge in [-0.05, 0) is 56.1 Å². The van der Waals surface area contributed by atoms with Crippen LogP contribution in [-0.4, -0.2) is 11.0 Å². The predicted octanol–water partition coefficient (Wildman–Crippen LogP) is 4.99. The van der Waals surface area contributed by atoms with Crippen molar-refractivity contribution in [2.75, 3.05) is 5.32 Å². The zero-order chi connectivity index (χ0) is 15.2. The molecule has 2 saturated carbocycles. The van der Waals surface area contributed by atoms with Crippen LogP contribution in [0.4, 0.5) is 19.0 Å². The highest BCUT2D eigenvalue weighted by Gasteiger charge is 2.42. The SMILES string of the molecule is CC(Nc1cc(C(F)(F)F)cc(Cl)n1)C1CC2CCC1C2. The summed E-state index contributed by atoms with van der Waals surface area (Å²) in [5.74, 6) is 2.25. The molecule has 116 valence electrons. The van der Waals surface area contributed by atoms with Crippen molar-refractivity contribution in [3.63, 3.8) is 0 Å². The van der Waals surface area contributed by atoms with Gasteiger partial charge in [0.25, 0.3) is 0 Å². The van der Waals surface area contributed by atoms with E-state index >= 15 is 0 Å². The van der Waals surface area contributed by atoms with Crippen LogP contribution < -0.4 is 5.32 Å². The average molecular weight is 319 g/mol. The van der Waals surface area contributed by atoms with Crippen molar-refractivity contribution in [3.8, 4) is 0 Å². The van der Waals surface area contributed by atoms with Crippen LogP contribution in [0.5, 0.6) is 0 Å². The fourth-order valence-electron chi connectivity index (χ4n) is 3.98. The lowest BCUT2D eigenvalue weighted by atomic mass is 9.84. The molecule has 2 aliphatic rings. The number of anilines is 1. The van der Waals surface area contributed by atoms with E-state index in [4.69, 9.17) is 11.6 Å². The lowest BCUT2D eigenvalue weighted by molar-refractivity contribution is -0.137. The third-order valence-corrected chi connectivity index (χ3v) is 5.13. The zero-order valence-corrected chi connectivity index (χ0v) is 12.5. The first-order valence-corrected chi connectivity index (χ1v) is 7.72. The van der Waals surface area contributed by atoms with E-state index in [1.807, 2.05) is 6.92 Å². The van der Waals surface area contributed by atoms with E-state index in [2.05, 4.69) is 10.3 Å². The Bertz CT molecular complexity index is 532. The van der Waals surface area contributed by atoms with Gasteiger partial charge in [-0.1, -0.05) is 18.0 Å². The van der Waals surface area contributed by atoms with Crippen LogP contribution in [0, 0.1) is 17.8 Å². The summed E-state index contributed by atoms with van der Waals surface area (Å²) in [7, 11) is 0. The second kappa shape index (κ2) is 5.34. The minimum Gasteiger partial charge on any atom is -0.367 e. The highest BCUT2D eigenvalue weighted by molar-refractivity contribution is 6.29. The fourth-order valence-corrected chi connectivity index (χ4v) is 4.19. The summed E-state index contributed by atoms with van der Waals surface area (Å²) < 4.78 is 38.4. The van der Waals surface area contributed by atoms with Gasteiger partial charge in [-0.25, -0.2) is 4.98 Å². The topological polar surface area (TPSA) is 24.9 Å². The molecule has 1 aromatic heterocycles.